The first kappa shape index (κ1) is 10.7. The number of hydrogen-bond acceptors (Lipinski definition) is 3. The zero-order valence-electron chi connectivity index (χ0n) is 9.67. The standard InChI is InChI=1S/C11H20N2O2/c1-11(2,3)15-10(14)13-9-6-7-4-5-8(9)12-7/h7-9,12H,4-6H2,1-3H3,(H,13,14)/t7-,8+,9-/m1/s1. The number of ether oxygens (including phenoxy) is 1. The van der Waals surface area contributed by atoms with Crippen molar-refractivity contribution in [2.24, 2.45) is 0 Å². The summed E-state index contributed by atoms with van der Waals surface area (Å²) in [5.74, 6) is 0. The third-order valence-corrected chi connectivity index (χ3v) is 3.00. The molecule has 2 rings (SSSR count). The summed E-state index contributed by atoms with van der Waals surface area (Å²) in [5, 5.41) is 6.42. The summed E-state index contributed by atoms with van der Waals surface area (Å²) in [7, 11) is 0. The van der Waals surface area contributed by atoms with Gasteiger partial charge in [0.2, 0.25) is 0 Å². The lowest BCUT2D eigenvalue weighted by molar-refractivity contribution is 0.0497. The van der Waals surface area contributed by atoms with Crippen LogP contribution >= 0.6 is 0 Å². The molecule has 0 radical (unpaired) electrons. The molecule has 86 valence electrons. The van der Waals surface area contributed by atoms with Gasteiger partial charge in [0.25, 0.3) is 0 Å². The van der Waals surface area contributed by atoms with E-state index in [0.717, 1.165) is 6.42 Å². The Hall–Kier alpha value is -0.770. The normalized spacial score (nSPS) is 34.2. The molecule has 0 aromatic rings. The molecule has 2 bridgehead atoms. The third-order valence-electron chi connectivity index (χ3n) is 3.00. The van der Waals surface area contributed by atoms with Gasteiger partial charge in [-0.05, 0) is 40.0 Å². The minimum atomic E-state index is -0.408. The highest BCUT2D eigenvalue weighted by atomic mass is 16.6. The SMILES string of the molecule is CC(C)(C)OC(=O)N[C@@H]1C[C@H]2CC[C@@H]1N2. The molecule has 0 aromatic heterocycles. The zero-order chi connectivity index (χ0) is 11.1. The molecule has 2 heterocycles. The zero-order valence-corrected chi connectivity index (χ0v) is 9.67. The molecule has 2 aliphatic heterocycles. The maximum absolute atomic E-state index is 11.5. The third kappa shape index (κ3) is 2.62. The fourth-order valence-corrected chi connectivity index (χ4v) is 2.44. The van der Waals surface area contributed by atoms with Crippen LogP contribution in [0.15, 0.2) is 0 Å². The van der Waals surface area contributed by atoms with Crippen molar-refractivity contribution in [3.63, 3.8) is 0 Å². The predicted molar refractivity (Wildman–Crippen MR) is 57.7 cm³/mol. The van der Waals surface area contributed by atoms with Crippen molar-refractivity contribution >= 4 is 6.09 Å². The summed E-state index contributed by atoms with van der Waals surface area (Å²) in [6, 6.07) is 1.33. The van der Waals surface area contributed by atoms with E-state index in [-0.39, 0.29) is 12.1 Å². The maximum Gasteiger partial charge on any atom is 0.407 e. The Morgan fingerprint density at radius 3 is 2.60 bits per heavy atom. The molecule has 0 aliphatic carbocycles. The molecule has 4 nitrogen and oxygen atoms in total. The topological polar surface area (TPSA) is 50.4 Å². The van der Waals surface area contributed by atoms with Crippen LogP contribution in [-0.2, 0) is 4.74 Å². The van der Waals surface area contributed by atoms with Gasteiger partial charge < -0.3 is 15.4 Å². The predicted octanol–water partition coefficient (Wildman–Crippen LogP) is 1.40. The maximum atomic E-state index is 11.5. The molecule has 4 heteroatoms. The van der Waals surface area contributed by atoms with E-state index < -0.39 is 5.60 Å². The average Bonchev–Trinajstić information content (AvgIpc) is 2.60. The van der Waals surface area contributed by atoms with E-state index >= 15 is 0 Å². The van der Waals surface area contributed by atoms with Gasteiger partial charge in [-0.2, -0.15) is 0 Å². The number of amides is 1. The van der Waals surface area contributed by atoms with Gasteiger partial charge in [0, 0.05) is 18.1 Å². The lowest BCUT2D eigenvalue weighted by atomic mass is 9.96. The Morgan fingerprint density at radius 2 is 2.13 bits per heavy atom. The molecule has 0 spiro atoms. The number of carbonyl (C=O) groups is 1. The van der Waals surface area contributed by atoms with Crippen molar-refractivity contribution in [1.29, 1.82) is 0 Å². The summed E-state index contributed by atoms with van der Waals surface area (Å²) >= 11 is 0. The first-order valence-corrected chi connectivity index (χ1v) is 5.69. The molecule has 2 fully saturated rings. The molecule has 2 saturated heterocycles. The number of fused-ring (bicyclic) bond motifs is 2. The van der Waals surface area contributed by atoms with Crippen LogP contribution < -0.4 is 10.6 Å². The van der Waals surface area contributed by atoms with Crippen LogP contribution in [0.4, 0.5) is 4.79 Å². The summed E-state index contributed by atoms with van der Waals surface area (Å²) in [6.07, 6.45) is 3.17. The first-order valence-electron chi connectivity index (χ1n) is 5.69. The van der Waals surface area contributed by atoms with Crippen molar-refractivity contribution in [2.45, 2.75) is 63.8 Å². The molecule has 2 N–H and O–H groups in total. The second-order valence-electron chi connectivity index (χ2n) is 5.54. The second-order valence-corrected chi connectivity index (χ2v) is 5.54. The van der Waals surface area contributed by atoms with Gasteiger partial charge in [-0.1, -0.05) is 0 Å². The Labute approximate surface area is 90.8 Å². The van der Waals surface area contributed by atoms with Crippen LogP contribution in [0.2, 0.25) is 0 Å². The van der Waals surface area contributed by atoms with E-state index in [1.807, 2.05) is 20.8 Å². The van der Waals surface area contributed by atoms with Gasteiger partial charge in [-0.25, -0.2) is 4.79 Å². The number of rotatable bonds is 1. The van der Waals surface area contributed by atoms with E-state index in [4.69, 9.17) is 4.74 Å². The van der Waals surface area contributed by atoms with Gasteiger partial charge in [0.1, 0.15) is 5.60 Å². The van der Waals surface area contributed by atoms with Gasteiger partial charge >= 0.3 is 6.09 Å². The molecule has 15 heavy (non-hydrogen) atoms. The number of carbonyl (C=O) groups excluding carboxylic acids is 1. The number of nitrogens with one attached hydrogen (secondary N) is 2. The number of hydrogen-bond donors (Lipinski definition) is 2. The molecule has 0 saturated carbocycles. The van der Waals surface area contributed by atoms with Gasteiger partial charge in [0.15, 0.2) is 0 Å². The Kier molecular flexibility index (Phi) is 2.63. The van der Waals surface area contributed by atoms with Crippen LogP contribution in [0.5, 0.6) is 0 Å². The Balaban J connectivity index is 1.80. The largest absolute Gasteiger partial charge is 0.444 e. The molecule has 3 atom stereocenters. The van der Waals surface area contributed by atoms with E-state index in [1.165, 1.54) is 12.8 Å². The van der Waals surface area contributed by atoms with Crippen molar-refractivity contribution in [3.8, 4) is 0 Å². The monoisotopic (exact) mass is 212 g/mol. The lowest BCUT2D eigenvalue weighted by Crippen LogP contribution is -2.45. The van der Waals surface area contributed by atoms with Gasteiger partial charge in [0.05, 0.1) is 0 Å². The van der Waals surface area contributed by atoms with E-state index in [9.17, 15) is 4.79 Å². The quantitative estimate of drug-likeness (QED) is 0.691. The smallest absolute Gasteiger partial charge is 0.407 e. The van der Waals surface area contributed by atoms with Gasteiger partial charge in [-0.15, -0.1) is 0 Å². The fraction of sp³-hybridized carbons (Fsp3) is 0.909. The minimum Gasteiger partial charge on any atom is -0.444 e. The molecule has 2 aliphatic rings. The lowest BCUT2D eigenvalue weighted by Gasteiger charge is -2.25. The summed E-state index contributed by atoms with van der Waals surface area (Å²) in [6.45, 7) is 5.64. The molecular formula is C11H20N2O2. The number of alkyl carbamates (subject to hydrolysis) is 1. The van der Waals surface area contributed by atoms with Crippen LogP contribution in [-0.4, -0.2) is 29.8 Å². The highest BCUT2D eigenvalue weighted by Crippen LogP contribution is 2.28. The summed E-state index contributed by atoms with van der Waals surface area (Å²) in [5.41, 5.74) is -0.408. The van der Waals surface area contributed by atoms with Crippen molar-refractivity contribution in [3.05, 3.63) is 0 Å². The summed E-state index contributed by atoms with van der Waals surface area (Å²) in [4.78, 5) is 11.5. The van der Waals surface area contributed by atoms with E-state index in [0.29, 0.717) is 12.1 Å². The Morgan fingerprint density at radius 1 is 1.40 bits per heavy atom. The highest BCUT2D eigenvalue weighted by Gasteiger charge is 2.40. The van der Waals surface area contributed by atoms with Crippen molar-refractivity contribution < 1.29 is 9.53 Å². The fourth-order valence-electron chi connectivity index (χ4n) is 2.44. The average molecular weight is 212 g/mol. The molecular weight excluding hydrogens is 192 g/mol. The first-order chi connectivity index (χ1) is 6.94. The molecule has 1 amide bonds. The second kappa shape index (κ2) is 3.67. The van der Waals surface area contributed by atoms with Gasteiger partial charge in [-0.3, -0.25) is 0 Å². The van der Waals surface area contributed by atoms with Crippen LogP contribution in [0.3, 0.4) is 0 Å². The van der Waals surface area contributed by atoms with E-state index in [2.05, 4.69) is 10.6 Å². The molecule has 0 unspecified atom stereocenters. The van der Waals surface area contributed by atoms with E-state index in [1.54, 1.807) is 0 Å². The highest BCUT2D eigenvalue weighted by molar-refractivity contribution is 5.68. The van der Waals surface area contributed by atoms with Crippen molar-refractivity contribution in [1.82, 2.24) is 10.6 Å². The summed E-state index contributed by atoms with van der Waals surface area (Å²) < 4.78 is 5.23. The van der Waals surface area contributed by atoms with Crippen LogP contribution in [0.1, 0.15) is 40.0 Å². The van der Waals surface area contributed by atoms with Crippen molar-refractivity contribution in [2.75, 3.05) is 0 Å². The van der Waals surface area contributed by atoms with Crippen LogP contribution in [0, 0.1) is 0 Å². The minimum absolute atomic E-state index is 0.263. The van der Waals surface area contributed by atoms with Crippen LogP contribution in [0.25, 0.3) is 0 Å². The molecule has 0 aromatic carbocycles. The Bertz CT molecular complexity index is 260.